The summed E-state index contributed by atoms with van der Waals surface area (Å²) in [6, 6.07) is 8.76. The van der Waals surface area contributed by atoms with E-state index in [1.807, 2.05) is 24.3 Å². The van der Waals surface area contributed by atoms with Crippen LogP contribution >= 0.6 is 0 Å². The second kappa shape index (κ2) is 6.01. The summed E-state index contributed by atoms with van der Waals surface area (Å²) in [7, 11) is 0. The fraction of sp³-hybridized carbons (Fsp3) is 0.214. The van der Waals surface area contributed by atoms with Crippen molar-refractivity contribution < 1.29 is 9.72 Å². The van der Waals surface area contributed by atoms with E-state index in [-0.39, 0.29) is 11.4 Å². The van der Waals surface area contributed by atoms with Gasteiger partial charge in [-0.05, 0) is 24.1 Å². The van der Waals surface area contributed by atoms with Crippen molar-refractivity contribution in [3.8, 4) is 0 Å². The van der Waals surface area contributed by atoms with Gasteiger partial charge in [0.15, 0.2) is 0 Å². The number of amides is 1. The van der Waals surface area contributed by atoms with Crippen molar-refractivity contribution in [3.05, 3.63) is 57.9 Å². The SMILES string of the molecule is CCCc1ccc(NC(=O)c2cc([N+](=O)[O-])c[nH]2)cc1. The summed E-state index contributed by atoms with van der Waals surface area (Å²) in [5, 5.41) is 13.2. The molecule has 0 saturated heterocycles. The first-order valence-corrected chi connectivity index (χ1v) is 6.33. The Morgan fingerprint density at radius 1 is 1.35 bits per heavy atom. The molecule has 6 nitrogen and oxygen atoms in total. The second-order valence-corrected chi connectivity index (χ2v) is 4.43. The highest BCUT2D eigenvalue weighted by Crippen LogP contribution is 2.15. The number of carbonyl (C=O) groups excluding carboxylic acids is 1. The lowest BCUT2D eigenvalue weighted by Crippen LogP contribution is -2.12. The number of hydrogen-bond acceptors (Lipinski definition) is 3. The molecule has 0 fully saturated rings. The van der Waals surface area contributed by atoms with Gasteiger partial charge in [-0.15, -0.1) is 0 Å². The Labute approximate surface area is 116 Å². The van der Waals surface area contributed by atoms with Crippen LogP contribution in [0.25, 0.3) is 0 Å². The first-order chi connectivity index (χ1) is 9.60. The molecule has 1 aromatic heterocycles. The molecule has 104 valence electrons. The first kappa shape index (κ1) is 13.8. The van der Waals surface area contributed by atoms with Gasteiger partial charge in [-0.1, -0.05) is 25.5 Å². The standard InChI is InChI=1S/C14H15N3O3/c1-2-3-10-4-6-11(7-5-10)16-14(18)13-8-12(9-15-13)17(19)20/h4-9,15H,2-3H2,1H3,(H,16,18). The van der Waals surface area contributed by atoms with Gasteiger partial charge in [-0.3, -0.25) is 14.9 Å². The van der Waals surface area contributed by atoms with Crippen LogP contribution in [0.15, 0.2) is 36.5 Å². The molecule has 20 heavy (non-hydrogen) atoms. The normalized spacial score (nSPS) is 10.2. The summed E-state index contributed by atoms with van der Waals surface area (Å²) in [5.74, 6) is -0.402. The number of hydrogen-bond donors (Lipinski definition) is 2. The molecular weight excluding hydrogens is 258 g/mol. The van der Waals surface area contributed by atoms with Gasteiger partial charge in [0.1, 0.15) is 5.69 Å². The molecular formula is C14H15N3O3. The highest BCUT2D eigenvalue weighted by molar-refractivity contribution is 6.03. The highest BCUT2D eigenvalue weighted by atomic mass is 16.6. The topological polar surface area (TPSA) is 88.0 Å². The maximum absolute atomic E-state index is 11.9. The minimum Gasteiger partial charge on any atom is -0.351 e. The molecule has 0 aliphatic rings. The maximum atomic E-state index is 11.9. The minimum absolute atomic E-state index is 0.131. The van der Waals surface area contributed by atoms with E-state index in [0.717, 1.165) is 12.8 Å². The van der Waals surface area contributed by atoms with Crippen molar-refractivity contribution in [2.45, 2.75) is 19.8 Å². The predicted octanol–water partition coefficient (Wildman–Crippen LogP) is 3.13. The van der Waals surface area contributed by atoms with E-state index in [1.54, 1.807) is 0 Å². The number of nitrogens with zero attached hydrogens (tertiary/aromatic N) is 1. The Hall–Kier alpha value is -2.63. The Kier molecular flexibility index (Phi) is 4.14. The van der Waals surface area contributed by atoms with E-state index in [0.29, 0.717) is 5.69 Å². The fourth-order valence-corrected chi connectivity index (χ4v) is 1.86. The molecule has 2 N–H and O–H groups in total. The maximum Gasteiger partial charge on any atom is 0.287 e. The summed E-state index contributed by atoms with van der Waals surface area (Å²) in [6.45, 7) is 2.10. The molecule has 0 atom stereocenters. The van der Waals surface area contributed by atoms with Crippen LogP contribution in [0.2, 0.25) is 0 Å². The number of aromatic nitrogens is 1. The van der Waals surface area contributed by atoms with Gasteiger partial charge in [0.2, 0.25) is 0 Å². The van der Waals surface area contributed by atoms with E-state index < -0.39 is 10.8 Å². The highest BCUT2D eigenvalue weighted by Gasteiger charge is 2.14. The van der Waals surface area contributed by atoms with Crippen LogP contribution in [0.5, 0.6) is 0 Å². The van der Waals surface area contributed by atoms with Gasteiger partial charge in [0.25, 0.3) is 11.6 Å². The molecule has 1 heterocycles. The zero-order valence-electron chi connectivity index (χ0n) is 11.1. The molecule has 1 amide bonds. The van der Waals surface area contributed by atoms with Crippen LogP contribution < -0.4 is 5.32 Å². The zero-order chi connectivity index (χ0) is 14.5. The summed E-state index contributed by atoms with van der Waals surface area (Å²) >= 11 is 0. The van der Waals surface area contributed by atoms with Crippen molar-refractivity contribution >= 4 is 17.3 Å². The number of anilines is 1. The molecule has 2 aromatic rings. The third-order valence-corrected chi connectivity index (χ3v) is 2.87. The summed E-state index contributed by atoms with van der Waals surface area (Å²) in [5.41, 5.74) is 1.90. The van der Waals surface area contributed by atoms with Crippen LogP contribution in [0.4, 0.5) is 11.4 Å². The van der Waals surface area contributed by atoms with Crippen LogP contribution in [0.1, 0.15) is 29.4 Å². The number of nitro groups is 1. The van der Waals surface area contributed by atoms with E-state index in [2.05, 4.69) is 17.2 Å². The molecule has 2 rings (SSSR count). The Morgan fingerprint density at radius 2 is 2.05 bits per heavy atom. The number of aryl methyl sites for hydroxylation is 1. The smallest absolute Gasteiger partial charge is 0.287 e. The average molecular weight is 273 g/mol. The van der Waals surface area contributed by atoms with Gasteiger partial charge >= 0.3 is 0 Å². The van der Waals surface area contributed by atoms with Crippen LogP contribution in [-0.4, -0.2) is 15.8 Å². The van der Waals surface area contributed by atoms with Crippen LogP contribution in [-0.2, 0) is 6.42 Å². The summed E-state index contributed by atoms with van der Waals surface area (Å²) in [4.78, 5) is 24.5. The quantitative estimate of drug-likeness (QED) is 0.648. The number of rotatable bonds is 5. The van der Waals surface area contributed by atoms with Gasteiger partial charge < -0.3 is 10.3 Å². The number of H-pyrrole nitrogens is 1. The van der Waals surface area contributed by atoms with E-state index >= 15 is 0 Å². The minimum atomic E-state index is -0.549. The number of aromatic amines is 1. The third-order valence-electron chi connectivity index (χ3n) is 2.87. The van der Waals surface area contributed by atoms with Crippen molar-refractivity contribution in [1.29, 1.82) is 0 Å². The molecule has 1 aromatic carbocycles. The molecule has 0 radical (unpaired) electrons. The van der Waals surface area contributed by atoms with E-state index in [1.165, 1.54) is 17.8 Å². The second-order valence-electron chi connectivity index (χ2n) is 4.43. The molecule has 0 aliphatic carbocycles. The van der Waals surface area contributed by atoms with Crippen molar-refractivity contribution in [2.24, 2.45) is 0 Å². The monoisotopic (exact) mass is 273 g/mol. The van der Waals surface area contributed by atoms with Crippen LogP contribution in [0.3, 0.4) is 0 Å². The predicted molar refractivity (Wildman–Crippen MR) is 75.8 cm³/mol. The Balaban J connectivity index is 2.04. The molecule has 6 heteroatoms. The number of carbonyl (C=O) groups is 1. The first-order valence-electron chi connectivity index (χ1n) is 6.33. The zero-order valence-corrected chi connectivity index (χ0v) is 11.1. The summed E-state index contributed by atoms with van der Waals surface area (Å²) < 4.78 is 0. The Morgan fingerprint density at radius 3 is 2.60 bits per heavy atom. The molecule has 0 saturated carbocycles. The molecule has 0 bridgehead atoms. The lowest BCUT2D eigenvalue weighted by Gasteiger charge is -2.05. The number of benzene rings is 1. The van der Waals surface area contributed by atoms with Gasteiger partial charge in [-0.25, -0.2) is 0 Å². The van der Waals surface area contributed by atoms with Gasteiger partial charge in [0, 0.05) is 11.8 Å². The largest absolute Gasteiger partial charge is 0.351 e. The summed E-state index contributed by atoms with van der Waals surface area (Å²) in [6.07, 6.45) is 3.26. The van der Waals surface area contributed by atoms with Crippen molar-refractivity contribution in [2.75, 3.05) is 5.32 Å². The third kappa shape index (κ3) is 3.23. The van der Waals surface area contributed by atoms with Crippen LogP contribution in [0, 0.1) is 10.1 Å². The lowest BCUT2D eigenvalue weighted by molar-refractivity contribution is -0.384. The van der Waals surface area contributed by atoms with Crippen molar-refractivity contribution in [1.82, 2.24) is 4.98 Å². The fourth-order valence-electron chi connectivity index (χ4n) is 1.86. The van der Waals surface area contributed by atoms with Gasteiger partial charge in [0.05, 0.1) is 11.1 Å². The van der Waals surface area contributed by atoms with Crippen molar-refractivity contribution in [3.63, 3.8) is 0 Å². The molecule has 0 spiro atoms. The van der Waals surface area contributed by atoms with E-state index in [4.69, 9.17) is 0 Å². The lowest BCUT2D eigenvalue weighted by atomic mass is 10.1. The Bertz CT molecular complexity index is 617. The van der Waals surface area contributed by atoms with Gasteiger partial charge in [-0.2, -0.15) is 0 Å². The average Bonchev–Trinajstić information content (AvgIpc) is 2.91. The number of nitrogens with one attached hydrogen (secondary N) is 2. The molecule has 0 unspecified atom stereocenters. The molecule has 0 aliphatic heterocycles. The van der Waals surface area contributed by atoms with E-state index in [9.17, 15) is 14.9 Å².